The molecule has 0 spiro atoms. The molecule has 6 heteroatoms. The minimum absolute atomic E-state index is 0.308. The number of rotatable bonds is 5. The van der Waals surface area contributed by atoms with Crippen LogP contribution < -0.4 is 0 Å². The zero-order valence-electron chi connectivity index (χ0n) is 14.6. The van der Waals surface area contributed by atoms with Crippen molar-refractivity contribution < 1.29 is 8.78 Å². The number of fused-ring (bicyclic) bond motifs is 1. The highest BCUT2D eigenvalue weighted by Crippen LogP contribution is 2.35. The fourth-order valence-electron chi connectivity index (χ4n) is 3.34. The molecule has 1 saturated carbocycles. The van der Waals surface area contributed by atoms with E-state index in [1.807, 2.05) is 25.3 Å². The molecule has 0 aliphatic heterocycles. The second-order valence-electron chi connectivity index (χ2n) is 6.84. The van der Waals surface area contributed by atoms with Crippen molar-refractivity contribution in [2.24, 2.45) is 0 Å². The van der Waals surface area contributed by atoms with Crippen LogP contribution in [0.15, 0.2) is 37.3 Å². The van der Waals surface area contributed by atoms with Gasteiger partial charge in [0.05, 0.1) is 11.7 Å². The Morgan fingerprint density at radius 2 is 2.15 bits per heavy atom. The molecule has 1 fully saturated rings. The highest BCUT2D eigenvalue weighted by molar-refractivity contribution is 5.80. The van der Waals surface area contributed by atoms with Crippen LogP contribution in [0.5, 0.6) is 0 Å². The Bertz CT molecular complexity index is 973. The third-order valence-corrected chi connectivity index (χ3v) is 5.12. The van der Waals surface area contributed by atoms with E-state index in [4.69, 9.17) is 0 Å². The Morgan fingerprint density at radius 1 is 1.35 bits per heavy atom. The van der Waals surface area contributed by atoms with E-state index < -0.39 is 6.43 Å². The fraction of sp³-hybridized carbons (Fsp3) is 0.350. The van der Waals surface area contributed by atoms with Gasteiger partial charge in [0.25, 0.3) is 0 Å². The summed E-state index contributed by atoms with van der Waals surface area (Å²) in [6.07, 6.45) is 5.95. The van der Waals surface area contributed by atoms with E-state index in [1.165, 1.54) is 12.6 Å². The summed E-state index contributed by atoms with van der Waals surface area (Å²) in [7, 11) is 0. The number of halogens is 2. The van der Waals surface area contributed by atoms with Crippen molar-refractivity contribution in [3.63, 3.8) is 0 Å². The van der Waals surface area contributed by atoms with Gasteiger partial charge in [0.2, 0.25) is 6.43 Å². The molecule has 3 heterocycles. The summed E-state index contributed by atoms with van der Waals surface area (Å²) < 4.78 is 27.1. The fourth-order valence-corrected chi connectivity index (χ4v) is 3.34. The van der Waals surface area contributed by atoms with E-state index in [0.717, 1.165) is 41.1 Å². The van der Waals surface area contributed by atoms with Gasteiger partial charge in [-0.15, -0.1) is 0 Å². The van der Waals surface area contributed by atoms with Crippen molar-refractivity contribution >= 4 is 11.1 Å². The Balaban J connectivity index is 1.67. The maximum atomic E-state index is 12.8. The topological polar surface area (TPSA) is 43.1 Å². The van der Waals surface area contributed by atoms with Crippen LogP contribution in [0.2, 0.25) is 0 Å². The molecule has 26 heavy (non-hydrogen) atoms. The van der Waals surface area contributed by atoms with Crippen LogP contribution in [0.4, 0.5) is 8.78 Å². The number of nitrogens with zero attached hydrogens (tertiary/aromatic N) is 4. The van der Waals surface area contributed by atoms with E-state index in [1.54, 1.807) is 10.7 Å². The molecule has 0 radical (unpaired) electrons. The molecule has 3 aromatic rings. The lowest BCUT2D eigenvalue weighted by atomic mass is 9.84. The molecule has 0 amide bonds. The highest BCUT2D eigenvalue weighted by Gasteiger charge is 2.23. The van der Waals surface area contributed by atoms with Crippen molar-refractivity contribution in [2.75, 3.05) is 0 Å². The Hall–Kier alpha value is -2.63. The first-order chi connectivity index (χ1) is 12.5. The summed E-state index contributed by atoms with van der Waals surface area (Å²) in [5.41, 5.74) is 4.63. The summed E-state index contributed by atoms with van der Waals surface area (Å²) >= 11 is 0. The van der Waals surface area contributed by atoms with Gasteiger partial charge < -0.3 is 0 Å². The van der Waals surface area contributed by atoms with Crippen LogP contribution in [0.25, 0.3) is 11.1 Å². The maximum absolute atomic E-state index is 12.8. The lowest BCUT2D eigenvalue weighted by Gasteiger charge is -2.24. The Morgan fingerprint density at radius 3 is 2.81 bits per heavy atom. The van der Waals surface area contributed by atoms with E-state index in [9.17, 15) is 8.78 Å². The van der Waals surface area contributed by atoms with Crippen molar-refractivity contribution in [1.82, 2.24) is 19.6 Å². The van der Waals surface area contributed by atoms with E-state index in [0.29, 0.717) is 17.0 Å². The number of aryl methyl sites for hydroxylation is 1. The van der Waals surface area contributed by atoms with Crippen molar-refractivity contribution in [3.05, 3.63) is 65.5 Å². The van der Waals surface area contributed by atoms with Gasteiger partial charge in [0.1, 0.15) is 5.82 Å². The van der Waals surface area contributed by atoms with Crippen LogP contribution in [0.3, 0.4) is 0 Å². The molecule has 4 nitrogen and oxygen atoms in total. The van der Waals surface area contributed by atoms with Gasteiger partial charge in [-0.25, -0.2) is 23.3 Å². The van der Waals surface area contributed by atoms with E-state index in [2.05, 4.69) is 21.6 Å². The zero-order chi connectivity index (χ0) is 18.3. The number of alkyl halides is 2. The number of aromatic nitrogens is 4. The van der Waals surface area contributed by atoms with Gasteiger partial charge in [-0.3, -0.25) is 0 Å². The molecule has 0 saturated heterocycles. The number of hydrogen-bond acceptors (Lipinski definition) is 3. The van der Waals surface area contributed by atoms with E-state index in [-0.39, 0.29) is 6.42 Å². The van der Waals surface area contributed by atoms with Crippen molar-refractivity contribution in [3.8, 4) is 0 Å². The summed E-state index contributed by atoms with van der Waals surface area (Å²) in [4.78, 5) is 9.19. The first kappa shape index (κ1) is 16.8. The predicted octanol–water partition coefficient (Wildman–Crippen LogP) is 4.57. The molecule has 0 unspecified atom stereocenters. The van der Waals surface area contributed by atoms with Gasteiger partial charge >= 0.3 is 0 Å². The van der Waals surface area contributed by atoms with Gasteiger partial charge in [-0.1, -0.05) is 13.0 Å². The molecular weight excluding hydrogens is 334 g/mol. The Labute approximate surface area is 150 Å². The summed E-state index contributed by atoms with van der Waals surface area (Å²) in [5.74, 6) is 1.40. The molecule has 1 aliphatic carbocycles. The molecule has 0 N–H and O–H groups in total. The average molecular weight is 354 g/mol. The normalized spacial score (nSPS) is 14.8. The quantitative estimate of drug-likeness (QED) is 0.674. The summed E-state index contributed by atoms with van der Waals surface area (Å²) in [6.45, 7) is 6.15. The SMILES string of the molecule is C=C(c1ccn2ncc(CC(F)F)c2c1)c1cnc(C2CCC2)nc1C. The second-order valence-corrected chi connectivity index (χ2v) is 6.84. The van der Waals surface area contributed by atoms with Crippen molar-refractivity contribution in [1.29, 1.82) is 0 Å². The number of hydrogen-bond donors (Lipinski definition) is 0. The molecule has 1 aliphatic rings. The minimum atomic E-state index is -2.40. The summed E-state index contributed by atoms with van der Waals surface area (Å²) in [6, 6.07) is 3.74. The molecule has 0 bridgehead atoms. The molecule has 134 valence electrons. The van der Waals surface area contributed by atoms with Gasteiger partial charge in [-0.2, -0.15) is 5.10 Å². The predicted molar refractivity (Wildman–Crippen MR) is 96.4 cm³/mol. The van der Waals surface area contributed by atoms with Crippen LogP contribution in [-0.4, -0.2) is 26.0 Å². The zero-order valence-corrected chi connectivity index (χ0v) is 14.6. The molecular formula is C20H20F2N4. The minimum Gasteiger partial charge on any atom is -0.241 e. The van der Waals surface area contributed by atoms with Crippen LogP contribution in [0.1, 0.15) is 53.4 Å². The highest BCUT2D eigenvalue weighted by atomic mass is 19.3. The van der Waals surface area contributed by atoms with Crippen molar-refractivity contribution in [2.45, 2.75) is 45.0 Å². The first-order valence-corrected chi connectivity index (χ1v) is 8.80. The monoisotopic (exact) mass is 354 g/mol. The molecule has 0 atom stereocenters. The van der Waals surface area contributed by atoms with Crippen LogP contribution in [-0.2, 0) is 6.42 Å². The van der Waals surface area contributed by atoms with Gasteiger partial charge in [0, 0.05) is 41.6 Å². The van der Waals surface area contributed by atoms with Gasteiger partial charge in [-0.05, 0) is 43.0 Å². The van der Waals surface area contributed by atoms with Crippen LogP contribution in [0, 0.1) is 6.92 Å². The Kier molecular flexibility index (Phi) is 4.26. The van der Waals surface area contributed by atoms with Gasteiger partial charge in [0.15, 0.2) is 0 Å². The second kappa shape index (κ2) is 6.59. The first-order valence-electron chi connectivity index (χ1n) is 8.80. The average Bonchev–Trinajstić information content (AvgIpc) is 2.94. The smallest absolute Gasteiger partial charge is 0.241 e. The largest absolute Gasteiger partial charge is 0.242 e. The third-order valence-electron chi connectivity index (χ3n) is 5.12. The summed E-state index contributed by atoms with van der Waals surface area (Å²) in [5, 5.41) is 4.14. The molecule has 3 aromatic heterocycles. The number of pyridine rings is 1. The molecule has 0 aromatic carbocycles. The standard InChI is InChI=1S/C20H20F2N4/c1-12(17-11-23-20(25-13(17)2)14-4-3-5-14)15-6-7-26-18(8-15)16(10-24-26)9-19(21)22/h6-8,10-11,14,19H,1,3-5,9H2,2H3. The van der Waals surface area contributed by atoms with E-state index >= 15 is 0 Å². The van der Waals surface area contributed by atoms with Crippen LogP contribution >= 0.6 is 0 Å². The lowest BCUT2D eigenvalue weighted by molar-refractivity contribution is 0.149. The lowest BCUT2D eigenvalue weighted by Crippen LogP contribution is -2.13. The molecule has 4 rings (SSSR count). The maximum Gasteiger partial charge on any atom is 0.242 e. The third kappa shape index (κ3) is 3.00.